The molecule has 1 fully saturated rings. The maximum Gasteiger partial charge on any atom is 0.255 e. The largest absolute Gasteiger partial charge is 0.399 e. The number of rotatable bonds is 3. The minimum absolute atomic E-state index is 0.184. The molecule has 1 aliphatic rings. The molecule has 1 heterocycles. The lowest BCUT2D eigenvalue weighted by molar-refractivity contribution is 0.102. The molecule has 0 saturated carbocycles. The summed E-state index contributed by atoms with van der Waals surface area (Å²) in [4.78, 5) is 14.8. The van der Waals surface area contributed by atoms with Gasteiger partial charge in [0.15, 0.2) is 0 Å². The zero-order chi connectivity index (χ0) is 16.2. The third-order valence-corrected chi connectivity index (χ3v) is 4.29. The number of nitrogens with two attached hydrogens (primary N) is 1. The van der Waals surface area contributed by atoms with Gasteiger partial charge in [0.2, 0.25) is 0 Å². The van der Waals surface area contributed by atoms with E-state index in [1.165, 1.54) is 19.3 Å². The van der Waals surface area contributed by atoms with Crippen LogP contribution in [-0.2, 0) is 0 Å². The molecular weight excluding hydrogens is 310 g/mol. The molecule has 0 radical (unpaired) electrons. The van der Waals surface area contributed by atoms with Gasteiger partial charge in [-0.25, -0.2) is 0 Å². The van der Waals surface area contributed by atoms with Crippen molar-refractivity contribution in [3.63, 3.8) is 0 Å². The maximum atomic E-state index is 12.5. The molecule has 0 atom stereocenters. The van der Waals surface area contributed by atoms with Gasteiger partial charge in [-0.1, -0.05) is 17.7 Å². The Morgan fingerprint density at radius 1 is 1.09 bits per heavy atom. The second-order valence-electron chi connectivity index (χ2n) is 5.79. The Hall–Kier alpha value is -2.20. The molecule has 120 valence electrons. The van der Waals surface area contributed by atoms with Crippen LogP contribution in [0.2, 0.25) is 5.02 Å². The van der Waals surface area contributed by atoms with Gasteiger partial charge in [-0.05, 0) is 55.7 Å². The Kier molecular flexibility index (Phi) is 4.72. The quantitative estimate of drug-likeness (QED) is 0.831. The Morgan fingerprint density at radius 3 is 2.61 bits per heavy atom. The van der Waals surface area contributed by atoms with Crippen LogP contribution in [0.1, 0.15) is 29.6 Å². The van der Waals surface area contributed by atoms with E-state index in [1.807, 2.05) is 18.2 Å². The van der Waals surface area contributed by atoms with Crippen molar-refractivity contribution in [1.82, 2.24) is 0 Å². The smallest absolute Gasteiger partial charge is 0.255 e. The second-order valence-corrected chi connectivity index (χ2v) is 6.23. The summed E-state index contributed by atoms with van der Waals surface area (Å²) in [5.74, 6) is -0.184. The van der Waals surface area contributed by atoms with Crippen molar-refractivity contribution in [3.05, 3.63) is 53.1 Å². The molecule has 23 heavy (non-hydrogen) atoms. The van der Waals surface area contributed by atoms with Crippen molar-refractivity contribution >= 4 is 34.6 Å². The highest BCUT2D eigenvalue weighted by Crippen LogP contribution is 2.31. The predicted octanol–water partition coefficient (Wildman–Crippen LogP) is 4.16. The van der Waals surface area contributed by atoms with Gasteiger partial charge in [-0.2, -0.15) is 0 Å². The van der Waals surface area contributed by atoms with E-state index in [0.717, 1.165) is 24.5 Å². The molecule has 0 aliphatic carbocycles. The molecule has 2 aromatic carbocycles. The van der Waals surface area contributed by atoms with Gasteiger partial charge in [-0.3, -0.25) is 4.79 Å². The summed E-state index contributed by atoms with van der Waals surface area (Å²) in [5.41, 5.74) is 8.84. The molecule has 3 N–H and O–H groups in total. The maximum absolute atomic E-state index is 12.5. The lowest BCUT2D eigenvalue weighted by Crippen LogP contribution is -2.30. The van der Waals surface area contributed by atoms with E-state index in [2.05, 4.69) is 10.2 Å². The van der Waals surface area contributed by atoms with Gasteiger partial charge in [0.05, 0.1) is 11.4 Å². The number of anilines is 3. The van der Waals surface area contributed by atoms with Crippen LogP contribution in [0.5, 0.6) is 0 Å². The van der Waals surface area contributed by atoms with Crippen molar-refractivity contribution in [3.8, 4) is 0 Å². The summed E-state index contributed by atoms with van der Waals surface area (Å²) < 4.78 is 0. The normalized spacial score (nSPS) is 14.6. The Balaban J connectivity index is 1.86. The van der Waals surface area contributed by atoms with E-state index in [9.17, 15) is 4.79 Å². The number of hydrogen-bond donors (Lipinski definition) is 2. The fraction of sp³-hybridized carbons (Fsp3) is 0.278. The van der Waals surface area contributed by atoms with Crippen LogP contribution in [0.4, 0.5) is 17.1 Å². The molecule has 2 aromatic rings. The summed E-state index contributed by atoms with van der Waals surface area (Å²) in [7, 11) is 0. The first-order valence-electron chi connectivity index (χ1n) is 7.85. The SMILES string of the molecule is Nc1ccc(N2CCCCC2)c(NC(=O)c2cccc(Cl)c2)c1. The molecule has 0 spiro atoms. The van der Waals surface area contributed by atoms with Crippen LogP contribution in [0.3, 0.4) is 0 Å². The molecule has 3 rings (SSSR count). The lowest BCUT2D eigenvalue weighted by atomic mass is 10.1. The number of nitrogens with one attached hydrogen (secondary N) is 1. The highest BCUT2D eigenvalue weighted by molar-refractivity contribution is 6.31. The number of carbonyl (C=O) groups is 1. The van der Waals surface area contributed by atoms with Gasteiger partial charge in [0, 0.05) is 29.4 Å². The number of nitrogen functional groups attached to an aromatic ring is 1. The average Bonchev–Trinajstić information content (AvgIpc) is 2.56. The van der Waals surface area contributed by atoms with Gasteiger partial charge in [-0.15, -0.1) is 0 Å². The number of piperidine rings is 1. The topological polar surface area (TPSA) is 58.4 Å². The van der Waals surface area contributed by atoms with Crippen LogP contribution in [0.25, 0.3) is 0 Å². The molecule has 1 amide bonds. The standard InChI is InChI=1S/C18H20ClN3O/c19-14-6-4-5-13(11-14)18(23)21-16-12-15(20)7-8-17(16)22-9-2-1-3-10-22/h4-8,11-12H,1-3,9-10,20H2,(H,21,23). The second kappa shape index (κ2) is 6.92. The fourth-order valence-corrected chi connectivity index (χ4v) is 3.08. The number of carbonyl (C=O) groups excluding carboxylic acids is 1. The van der Waals surface area contributed by atoms with Gasteiger partial charge < -0.3 is 16.0 Å². The Bertz CT molecular complexity index is 711. The summed E-state index contributed by atoms with van der Waals surface area (Å²) in [6.45, 7) is 2.01. The van der Waals surface area contributed by atoms with Crippen molar-refractivity contribution < 1.29 is 4.79 Å². The van der Waals surface area contributed by atoms with Crippen LogP contribution in [0, 0.1) is 0 Å². The van der Waals surface area contributed by atoms with Crippen LogP contribution in [-0.4, -0.2) is 19.0 Å². The van der Waals surface area contributed by atoms with Crippen LogP contribution < -0.4 is 16.0 Å². The molecule has 0 aromatic heterocycles. The third kappa shape index (κ3) is 3.77. The number of nitrogens with zero attached hydrogens (tertiary/aromatic N) is 1. The summed E-state index contributed by atoms with van der Waals surface area (Å²) in [6, 6.07) is 12.6. The van der Waals surface area contributed by atoms with Gasteiger partial charge >= 0.3 is 0 Å². The van der Waals surface area contributed by atoms with Gasteiger partial charge in [0.1, 0.15) is 0 Å². The van der Waals surface area contributed by atoms with Crippen LogP contribution >= 0.6 is 11.6 Å². The molecular formula is C18H20ClN3O. The number of amides is 1. The zero-order valence-corrected chi connectivity index (χ0v) is 13.6. The molecule has 1 saturated heterocycles. The molecule has 4 nitrogen and oxygen atoms in total. The Labute approximate surface area is 141 Å². The first-order valence-corrected chi connectivity index (χ1v) is 8.23. The van der Waals surface area contributed by atoms with Crippen molar-refractivity contribution in [1.29, 1.82) is 0 Å². The van der Waals surface area contributed by atoms with E-state index < -0.39 is 0 Å². The first kappa shape index (κ1) is 15.7. The van der Waals surface area contributed by atoms with E-state index in [0.29, 0.717) is 16.3 Å². The highest BCUT2D eigenvalue weighted by atomic mass is 35.5. The third-order valence-electron chi connectivity index (χ3n) is 4.05. The minimum Gasteiger partial charge on any atom is -0.399 e. The van der Waals surface area contributed by atoms with Crippen molar-refractivity contribution in [2.75, 3.05) is 29.0 Å². The van der Waals surface area contributed by atoms with E-state index in [-0.39, 0.29) is 5.91 Å². The number of benzene rings is 2. The molecule has 0 bridgehead atoms. The van der Waals surface area contributed by atoms with E-state index >= 15 is 0 Å². The van der Waals surface area contributed by atoms with Crippen molar-refractivity contribution in [2.45, 2.75) is 19.3 Å². The van der Waals surface area contributed by atoms with Gasteiger partial charge in [0.25, 0.3) is 5.91 Å². The highest BCUT2D eigenvalue weighted by Gasteiger charge is 2.16. The lowest BCUT2D eigenvalue weighted by Gasteiger charge is -2.30. The van der Waals surface area contributed by atoms with Crippen molar-refractivity contribution in [2.24, 2.45) is 0 Å². The monoisotopic (exact) mass is 329 g/mol. The molecule has 5 heteroatoms. The fourth-order valence-electron chi connectivity index (χ4n) is 2.89. The average molecular weight is 330 g/mol. The molecule has 0 unspecified atom stereocenters. The summed E-state index contributed by atoms with van der Waals surface area (Å²) in [6.07, 6.45) is 3.60. The summed E-state index contributed by atoms with van der Waals surface area (Å²) in [5, 5.41) is 3.52. The molecule has 1 aliphatic heterocycles. The summed E-state index contributed by atoms with van der Waals surface area (Å²) >= 11 is 5.96. The number of hydrogen-bond acceptors (Lipinski definition) is 3. The minimum atomic E-state index is -0.184. The number of halogens is 1. The zero-order valence-electron chi connectivity index (χ0n) is 12.9. The van der Waals surface area contributed by atoms with Crippen LogP contribution in [0.15, 0.2) is 42.5 Å². The predicted molar refractivity (Wildman–Crippen MR) is 96.3 cm³/mol. The first-order chi connectivity index (χ1) is 11.1. The van der Waals surface area contributed by atoms with E-state index in [1.54, 1.807) is 24.3 Å². The Morgan fingerprint density at radius 2 is 1.87 bits per heavy atom. The van der Waals surface area contributed by atoms with E-state index in [4.69, 9.17) is 17.3 Å².